The molecule has 0 radical (unpaired) electrons. The van der Waals surface area contributed by atoms with E-state index in [0.717, 1.165) is 27.8 Å². The van der Waals surface area contributed by atoms with Crippen LogP contribution in [0.15, 0.2) is 22.7 Å². The summed E-state index contributed by atoms with van der Waals surface area (Å²) in [6, 6.07) is 6.15. The first-order valence-electron chi connectivity index (χ1n) is 8.43. The summed E-state index contributed by atoms with van der Waals surface area (Å²) in [6.45, 7) is 7.33. The van der Waals surface area contributed by atoms with Crippen LogP contribution in [-0.4, -0.2) is 46.3 Å². The van der Waals surface area contributed by atoms with Crippen molar-refractivity contribution in [3.63, 3.8) is 0 Å². The van der Waals surface area contributed by atoms with Crippen molar-refractivity contribution < 1.29 is 14.3 Å². The predicted molar refractivity (Wildman–Crippen MR) is 99.6 cm³/mol. The number of para-hydroxylation sites is 1. The summed E-state index contributed by atoms with van der Waals surface area (Å²) in [4.78, 5) is 18.4. The molecule has 6 nitrogen and oxygen atoms in total. The first-order chi connectivity index (χ1) is 11.8. The average Bonchev–Trinajstić information content (AvgIpc) is 2.91. The number of hydrogen-bond donors (Lipinski definition) is 0. The molecule has 1 aromatic carbocycles. The van der Waals surface area contributed by atoms with Crippen LogP contribution in [0.5, 0.6) is 0 Å². The van der Waals surface area contributed by atoms with Gasteiger partial charge >= 0.3 is 6.09 Å². The van der Waals surface area contributed by atoms with Crippen LogP contribution >= 0.6 is 15.9 Å². The molecular weight excluding hydrogens is 386 g/mol. The fraction of sp³-hybridized carbons (Fsp3) is 0.556. The molecule has 1 aliphatic rings. The summed E-state index contributed by atoms with van der Waals surface area (Å²) in [5, 5.41) is 0. The fourth-order valence-corrected chi connectivity index (χ4v) is 3.54. The number of halogens is 1. The van der Waals surface area contributed by atoms with Crippen LogP contribution < -0.4 is 0 Å². The zero-order chi connectivity index (χ0) is 18.2. The Morgan fingerprint density at radius 1 is 1.48 bits per heavy atom. The van der Waals surface area contributed by atoms with Gasteiger partial charge in [0.25, 0.3) is 0 Å². The highest BCUT2D eigenvalue weighted by molar-refractivity contribution is 9.10. The van der Waals surface area contributed by atoms with Gasteiger partial charge in [-0.3, -0.25) is 0 Å². The number of fused-ring (bicyclic) bond motifs is 3. The molecule has 1 aromatic heterocycles. The zero-order valence-electron chi connectivity index (χ0n) is 15.1. The molecule has 3 rings (SSSR count). The lowest BCUT2D eigenvalue weighted by atomic mass is 10.1. The minimum Gasteiger partial charge on any atom is -0.444 e. The highest BCUT2D eigenvalue weighted by atomic mass is 79.9. The summed E-state index contributed by atoms with van der Waals surface area (Å²) in [5.74, 6) is 0.929. The molecule has 1 aliphatic heterocycles. The Bertz CT molecular complexity index is 782. The number of imidazole rings is 1. The van der Waals surface area contributed by atoms with Crippen LogP contribution in [0.4, 0.5) is 4.79 Å². The van der Waals surface area contributed by atoms with Crippen molar-refractivity contribution in [1.29, 1.82) is 0 Å². The summed E-state index contributed by atoms with van der Waals surface area (Å²) in [6.07, 6.45) is 0.469. The summed E-state index contributed by atoms with van der Waals surface area (Å²) in [7, 11) is 1.76. The van der Waals surface area contributed by atoms with E-state index < -0.39 is 5.60 Å². The molecule has 0 fully saturated rings. The van der Waals surface area contributed by atoms with Gasteiger partial charge in [-0.05, 0) is 55.3 Å². The lowest BCUT2D eigenvalue weighted by Gasteiger charge is -2.29. The highest BCUT2D eigenvalue weighted by Crippen LogP contribution is 2.32. The molecule has 1 amide bonds. The first-order valence-corrected chi connectivity index (χ1v) is 9.23. The molecule has 0 spiro atoms. The number of nitrogens with zero attached hydrogens (tertiary/aromatic N) is 3. The number of hydrogen-bond acceptors (Lipinski definition) is 4. The largest absolute Gasteiger partial charge is 0.444 e. The normalized spacial score (nSPS) is 17.4. The predicted octanol–water partition coefficient (Wildman–Crippen LogP) is 4.13. The molecule has 0 saturated carbocycles. The van der Waals surface area contributed by atoms with Gasteiger partial charge in [0.1, 0.15) is 18.0 Å². The SMILES string of the molecule is CN(CCC1COCc2nc3cccc(Br)c3n21)C(=O)OC(C)(C)C. The molecule has 2 heterocycles. The maximum Gasteiger partial charge on any atom is 0.410 e. The van der Waals surface area contributed by atoms with Crippen LogP contribution in [0.3, 0.4) is 0 Å². The Morgan fingerprint density at radius 3 is 2.96 bits per heavy atom. The Hall–Kier alpha value is -1.60. The molecule has 0 bridgehead atoms. The van der Waals surface area contributed by atoms with Crippen molar-refractivity contribution in [2.75, 3.05) is 20.2 Å². The van der Waals surface area contributed by atoms with Crippen molar-refractivity contribution in [3.8, 4) is 0 Å². The van der Waals surface area contributed by atoms with Gasteiger partial charge in [-0.2, -0.15) is 0 Å². The number of carbonyl (C=O) groups is 1. The van der Waals surface area contributed by atoms with E-state index >= 15 is 0 Å². The van der Waals surface area contributed by atoms with Gasteiger partial charge in [0.05, 0.1) is 23.7 Å². The Labute approximate surface area is 156 Å². The monoisotopic (exact) mass is 409 g/mol. The lowest BCUT2D eigenvalue weighted by molar-refractivity contribution is 0.0246. The van der Waals surface area contributed by atoms with Crippen molar-refractivity contribution in [2.45, 2.75) is 45.4 Å². The third-order valence-electron chi connectivity index (χ3n) is 4.14. The summed E-state index contributed by atoms with van der Waals surface area (Å²) >= 11 is 3.63. The van der Waals surface area contributed by atoms with E-state index in [1.54, 1.807) is 11.9 Å². The van der Waals surface area contributed by atoms with E-state index in [1.807, 2.05) is 39.0 Å². The van der Waals surface area contributed by atoms with Gasteiger partial charge in [-0.1, -0.05) is 6.07 Å². The molecule has 2 aromatic rings. The van der Waals surface area contributed by atoms with Gasteiger partial charge in [0, 0.05) is 18.1 Å². The molecule has 136 valence electrons. The minimum absolute atomic E-state index is 0.136. The quantitative estimate of drug-likeness (QED) is 0.764. The van der Waals surface area contributed by atoms with Gasteiger partial charge in [-0.25, -0.2) is 9.78 Å². The third kappa shape index (κ3) is 3.98. The number of benzene rings is 1. The summed E-state index contributed by atoms with van der Waals surface area (Å²) < 4.78 is 14.4. The maximum atomic E-state index is 12.1. The lowest BCUT2D eigenvalue weighted by Crippen LogP contribution is -2.36. The van der Waals surface area contributed by atoms with Crippen molar-refractivity contribution in [1.82, 2.24) is 14.5 Å². The van der Waals surface area contributed by atoms with Gasteiger partial charge in [0.2, 0.25) is 0 Å². The average molecular weight is 410 g/mol. The van der Waals surface area contributed by atoms with E-state index in [1.165, 1.54) is 0 Å². The van der Waals surface area contributed by atoms with Crippen LogP contribution in [0, 0.1) is 0 Å². The van der Waals surface area contributed by atoms with Crippen LogP contribution in [0.2, 0.25) is 0 Å². The third-order valence-corrected chi connectivity index (χ3v) is 4.78. The van der Waals surface area contributed by atoms with Gasteiger partial charge in [0.15, 0.2) is 0 Å². The standard InChI is InChI=1S/C18H24BrN3O3/c1-18(2,3)25-17(23)21(4)9-8-12-10-24-11-15-20-14-7-5-6-13(19)16(14)22(12)15/h5-7,12H,8-11H2,1-4H3. The molecule has 25 heavy (non-hydrogen) atoms. The number of aromatic nitrogens is 2. The topological polar surface area (TPSA) is 56.6 Å². The van der Waals surface area contributed by atoms with Crippen molar-refractivity contribution >= 4 is 33.1 Å². The number of ether oxygens (including phenoxy) is 2. The van der Waals surface area contributed by atoms with Crippen molar-refractivity contribution in [3.05, 3.63) is 28.5 Å². The Morgan fingerprint density at radius 2 is 2.24 bits per heavy atom. The minimum atomic E-state index is -0.488. The number of carbonyl (C=O) groups excluding carboxylic acids is 1. The van der Waals surface area contributed by atoms with Gasteiger partial charge in [-0.15, -0.1) is 0 Å². The Balaban J connectivity index is 1.76. The second-order valence-electron chi connectivity index (χ2n) is 7.37. The Kier molecular flexibility index (Phi) is 5.06. The highest BCUT2D eigenvalue weighted by Gasteiger charge is 2.26. The van der Waals surface area contributed by atoms with E-state index in [2.05, 4.69) is 25.5 Å². The number of rotatable bonds is 3. The van der Waals surface area contributed by atoms with E-state index in [-0.39, 0.29) is 12.1 Å². The smallest absolute Gasteiger partial charge is 0.410 e. The van der Waals surface area contributed by atoms with Crippen LogP contribution in [-0.2, 0) is 16.1 Å². The molecular formula is C18H24BrN3O3. The molecule has 1 unspecified atom stereocenters. The summed E-state index contributed by atoms with van der Waals surface area (Å²) in [5.41, 5.74) is 1.56. The van der Waals surface area contributed by atoms with E-state index in [9.17, 15) is 4.79 Å². The van der Waals surface area contributed by atoms with Crippen molar-refractivity contribution in [2.24, 2.45) is 0 Å². The molecule has 1 atom stereocenters. The molecule has 0 aliphatic carbocycles. The second-order valence-corrected chi connectivity index (χ2v) is 8.22. The molecule has 7 heteroatoms. The van der Waals surface area contributed by atoms with E-state index in [4.69, 9.17) is 9.47 Å². The number of amides is 1. The van der Waals surface area contributed by atoms with Crippen LogP contribution in [0.25, 0.3) is 11.0 Å². The second kappa shape index (κ2) is 6.96. The maximum absolute atomic E-state index is 12.1. The van der Waals surface area contributed by atoms with E-state index in [0.29, 0.717) is 19.8 Å². The van der Waals surface area contributed by atoms with Crippen LogP contribution in [0.1, 0.15) is 39.1 Å². The fourth-order valence-electron chi connectivity index (χ4n) is 3.00. The molecule has 0 N–H and O–H groups in total. The van der Waals surface area contributed by atoms with Gasteiger partial charge < -0.3 is 18.9 Å². The zero-order valence-corrected chi connectivity index (χ0v) is 16.7. The first kappa shape index (κ1) is 18.2. The molecule has 0 saturated heterocycles.